The maximum Gasteiger partial charge on any atom is 0.254 e. The summed E-state index contributed by atoms with van der Waals surface area (Å²) >= 11 is 0. The Bertz CT molecular complexity index is 407. The van der Waals surface area contributed by atoms with Crippen molar-refractivity contribution in [2.75, 3.05) is 14.1 Å². The Morgan fingerprint density at radius 1 is 1.50 bits per heavy atom. The molecule has 0 saturated carbocycles. The van der Waals surface area contributed by atoms with Crippen LogP contribution >= 0.6 is 0 Å². The molecule has 0 fully saturated rings. The SMILES string of the molecule is CN(C)C(=O)c1ccc(F)cc1C#N. The van der Waals surface area contributed by atoms with Gasteiger partial charge >= 0.3 is 0 Å². The van der Waals surface area contributed by atoms with Gasteiger partial charge in [-0.3, -0.25) is 4.79 Å². The first-order chi connectivity index (χ1) is 6.56. The number of rotatable bonds is 1. The maximum atomic E-state index is 12.7. The molecule has 0 aliphatic carbocycles. The van der Waals surface area contributed by atoms with Gasteiger partial charge in [-0.25, -0.2) is 4.39 Å². The van der Waals surface area contributed by atoms with Crippen LogP contribution in [-0.4, -0.2) is 24.9 Å². The number of hydrogen-bond donors (Lipinski definition) is 0. The predicted octanol–water partition coefficient (Wildman–Crippen LogP) is 1.40. The Labute approximate surface area is 81.4 Å². The summed E-state index contributed by atoms with van der Waals surface area (Å²) in [6.07, 6.45) is 0. The normalized spacial score (nSPS) is 9.29. The minimum absolute atomic E-state index is 0.0590. The average Bonchev–Trinajstić information content (AvgIpc) is 2.16. The zero-order valence-electron chi connectivity index (χ0n) is 7.91. The van der Waals surface area contributed by atoms with E-state index in [4.69, 9.17) is 5.26 Å². The standard InChI is InChI=1S/C10H9FN2O/c1-13(2)10(14)9-4-3-8(11)5-7(9)6-12/h3-5H,1-2H3. The van der Waals surface area contributed by atoms with Crippen LogP contribution in [0.15, 0.2) is 18.2 Å². The smallest absolute Gasteiger partial charge is 0.254 e. The molecule has 4 heteroatoms. The highest BCUT2D eigenvalue weighted by atomic mass is 19.1. The van der Waals surface area contributed by atoms with Crippen LogP contribution in [0.1, 0.15) is 15.9 Å². The molecule has 0 aliphatic heterocycles. The van der Waals surface area contributed by atoms with Crippen molar-refractivity contribution in [2.45, 2.75) is 0 Å². The molecule has 3 nitrogen and oxygen atoms in total. The van der Waals surface area contributed by atoms with Gasteiger partial charge in [-0.05, 0) is 18.2 Å². The highest BCUT2D eigenvalue weighted by Gasteiger charge is 2.13. The molecule has 0 radical (unpaired) electrons. The Balaban J connectivity index is 3.23. The molecule has 0 saturated heterocycles. The molecule has 0 aromatic heterocycles. The Kier molecular flexibility index (Phi) is 2.82. The van der Waals surface area contributed by atoms with Gasteiger partial charge in [0.2, 0.25) is 0 Å². The van der Waals surface area contributed by atoms with Crippen LogP contribution in [0.25, 0.3) is 0 Å². The monoisotopic (exact) mass is 192 g/mol. The molecule has 1 rings (SSSR count). The van der Waals surface area contributed by atoms with E-state index in [-0.39, 0.29) is 17.0 Å². The van der Waals surface area contributed by atoms with Crippen molar-refractivity contribution in [1.29, 1.82) is 5.26 Å². The van der Waals surface area contributed by atoms with Gasteiger partial charge in [0.15, 0.2) is 0 Å². The molecule has 72 valence electrons. The molecule has 1 amide bonds. The molecule has 0 bridgehead atoms. The second-order valence-corrected chi connectivity index (χ2v) is 3.00. The third kappa shape index (κ3) is 1.88. The zero-order chi connectivity index (χ0) is 10.7. The second kappa shape index (κ2) is 3.88. The first-order valence-corrected chi connectivity index (χ1v) is 3.97. The van der Waals surface area contributed by atoms with E-state index in [1.54, 1.807) is 20.2 Å². The molecular formula is C10H9FN2O. The van der Waals surface area contributed by atoms with Crippen LogP contribution in [0.4, 0.5) is 4.39 Å². The lowest BCUT2D eigenvalue weighted by Gasteiger charge is -2.10. The molecule has 1 aromatic rings. The van der Waals surface area contributed by atoms with Crippen LogP contribution in [-0.2, 0) is 0 Å². The number of carbonyl (C=O) groups excluding carboxylic acids is 1. The van der Waals surface area contributed by atoms with Crippen LogP contribution < -0.4 is 0 Å². The van der Waals surface area contributed by atoms with Crippen molar-refractivity contribution >= 4 is 5.91 Å². The van der Waals surface area contributed by atoms with Gasteiger partial charge < -0.3 is 4.90 Å². The second-order valence-electron chi connectivity index (χ2n) is 3.00. The minimum atomic E-state index is -0.517. The molecule has 0 heterocycles. The molecule has 0 atom stereocenters. The number of carbonyl (C=O) groups is 1. The van der Waals surface area contributed by atoms with E-state index < -0.39 is 5.82 Å². The van der Waals surface area contributed by atoms with E-state index >= 15 is 0 Å². The van der Waals surface area contributed by atoms with E-state index in [0.29, 0.717) is 0 Å². The average molecular weight is 192 g/mol. The third-order valence-corrected chi connectivity index (χ3v) is 1.74. The first kappa shape index (κ1) is 10.2. The van der Waals surface area contributed by atoms with Crippen molar-refractivity contribution in [1.82, 2.24) is 4.90 Å². The van der Waals surface area contributed by atoms with Gasteiger partial charge in [-0.1, -0.05) is 0 Å². The topological polar surface area (TPSA) is 44.1 Å². The summed E-state index contributed by atoms with van der Waals surface area (Å²) in [6, 6.07) is 5.32. The van der Waals surface area contributed by atoms with Gasteiger partial charge in [0.1, 0.15) is 11.9 Å². The van der Waals surface area contributed by atoms with E-state index in [1.165, 1.54) is 11.0 Å². The van der Waals surface area contributed by atoms with Gasteiger partial charge in [-0.2, -0.15) is 5.26 Å². The molecular weight excluding hydrogens is 183 g/mol. The molecule has 0 aliphatic rings. The summed E-state index contributed by atoms with van der Waals surface area (Å²) in [5, 5.41) is 8.69. The molecule has 0 N–H and O–H groups in total. The summed E-state index contributed by atoms with van der Waals surface area (Å²) < 4.78 is 12.7. The lowest BCUT2D eigenvalue weighted by molar-refractivity contribution is 0.0827. The fourth-order valence-corrected chi connectivity index (χ4v) is 1.04. The highest BCUT2D eigenvalue weighted by molar-refractivity contribution is 5.96. The Hall–Kier alpha value is -1.89. The number of amides is 1. The zero-order valence-corrected chi connectivity index (χ0v) is 7.91. The van der Waals surface area contributed by atoms with Crippen LogP contribution in [0.3, 0.4) is 0 Å². The van der Waals surface area contributed by atoms with E-state index in [0.717, 1.165) is 12.1 Å². The first-order valence-electron chi connectivity index (χ1n) is 3.97. The summed E-state index contributed by atoms with van der Waals surface area (Å²) in [4.78, 5) is 12.8. The Morgan fingerprint density at radius 3 is 2.64 bits per heavy atom. The summed E-state index contributed by atoms with van der Waals surface area (Å²) in [7, 11) is 3.15. The summed E-state index contributed by atoms with van der Waals surface area (Å²) in [6.45, 7) is 0. The quantitative estimate of drug-likeness (QED) is 0.675. The number of halogens is 1. The number of nitrogens with zero attached hydrogens (tertiary/aromatic N) is 2. The molecule has 0 unspecified atom stereocenters. The van der Waals surface area contributed by atoms with E-state index in [1.807, 2.05) is 0 Å². The number of benzene rings is 1. The van der Waals surface area contributed by atoms with Crippen molar-refractivity contribution < 1.29 is 9.18 Å². The molecule has 14 heavy (non-hydrogen) atoms. The van der Waals surface area contributed by atoms with Gasteiger partial charge in [0.05, 0.1) is 11.1 Å². The molecule has 1 aromatic carbocycles. The van der Waals surface area contributed by atoms with Crippen molar-refractivity contribution in [3.63, 3.8) is 0 Å². The van der Waals surface area contributed by atoms with Gasteiger partial charge in [0, 0.05) is 14.1 Å². The van der Waals surface area contributed by atoms with Gasteiger partial charge in [0.25, 0.3) is 5.91 Å². The van der Waals surface area contributed by atoms with E-state index in [9.17, 15) is 9.18 Å². The lowest BCUT2D eigenvalue weighted by atomic mass is 10.1. The van der Waals surface area contributed by atoms with Crippen molar-refractivity contribution in [3.05, 3.63) is 35.1 Å². The minimum Gasteiger partial charge on any atom is -0.345 e. The lowest BCUT2D eigenvalue weighted by Crippen LogP contribution is -2.22. The Morgan fingerprint density at radius 2 is 2.14 bits per heavy atom. The number of hydrogen-bond acceptors (Lipinski definition) is 2. The number of nitriles is 1. The summed E-state index contributed by atoms with van der Waals surface area (Å²) in [5.74, 6) is -0.821. The van der Waals surface area contributed by atoms with Crippen LogP contribution in [0, 0.1) is 17.1 Å². The maximum absolute atomic E-state index is 12.7. The third-order valence-electron chi connectivity index (χ3n) is 1.74. The predicted molar refractivity (Wildman–Crippen MR) is 49.1 cm³/mol. The van der Waals surface area contributed by atoms with Crippen molar-refractivity contribution in [2.24, 2.45) is 0 Å². The van der Waals surface area contributed by atoms with Crippen LogP contribution in [0.2, 0.25) is 0 Å². The summed E-state index contributed by atoms with van der Waals surface area (Å²) in [5.41, 5.74) is 0.280. The fraction of sp³-hybridized carbons (Fsp3) is 0.200. The highest BCUT2D eigenvalue weighted by Crippen LogP contribution is 2.11. The van der Waals surface area contributed by atoms with Gasteiger partial charge in [-0.15, -0.1) is 0 Å². The fourth-order valence-electron chi connectivity index (χ4n) is 1.04. The molecule has 0 spiro atoms. The van der Waals surface area contributed by atoms with Crippen LogP contribution in [0.5, 0.6) is 0 Å². The van der Waals surface area contributed by atoms with Crippen molar-refractivity contribution in [3.8, 4) is 6.07 Å². The van der Waals surface area contributed by atoms with E-state index in [2.05, 4.69) is 0 Å². The largest absolute Gasteiger partial charge is 0.345 e.